The topological polar surface area (TPSA) is 85.8 Å². The third-order valence-electron chi connectivity index (χ3n) is 2.88. The van der Waals surface area contributed by atoms with Crippen LogP contribution in [0.1, 0.15) is 26.3 Å². The minimum Gasteiger partial charge on any atom is -0.392 e. The highest BCUT2D eigenvalue weighted by Crippen LogP contribution is 2.16. The average Bonchev–Trinajstić information content (AvgIpc) is 2.40. The van der Waals surface area contributed by atoms with Gasteiger partial charge in [0.2, 0.25) is 0 Å². The van der Waals surface area contributed by atoms with Gasteiger partial charge >= 0.3 is 0 Å². The van der Waals surface area contributed by atoms with Crippen LogP contribution < -0.4 is 16.6 Å². The van der Waals surface area contributed by atoms with Crippen molar-refractivity contribution in [2.75, 3.05) is 11.1 Å². The molecule has 6 nitrogen and oxygen atoms in total. The van der Waals surface area contributed by atoms with Gasteiger partial charge in [0.15, 0.2) is 0 Å². The molecule has 0 aliphatic rings. The van der Waals surface area contributed by atoms with Crippen LogP contribution in [0.2, 0.25) is 0 Å². The van der Waals surface area contributed by atoms with Crippen LogP contribution in [-0.2, 0) is 12.1 Å². The monoisotopic (exact) mass is 273 g/mol. The smallest absolute Gasteiger partial charge is 0.292 e. The molecule has 0 bridgehead atoms. The van der Waals surface area contributed by atoms with E-state index in [2.05, 4.69) is 15.4 Å². The van der Waals surface area contributed by atoms with E-state index < -0.39 is 5.54 Å². The molecule has 2 rings (SSSR count). The fraction of sp³-hybridized carbons (Fsp3) is 0.357. The maximum absolute atomic E-state index is 12.2. The molecule has 0 spiro atoms. The van der Waals surface area contributed by atoms with Gasteiger partial charge in [0.05, 0.1) is 17.4 Å². The molecule has 20 heavy (non-hydrogen) atoms. The Morgan fingerprint density at radius 2 is 1.95 bits per heavy atom. The Hall–Kier alpha value is -2.37. The van der Waals surface area contributed by atoms with Crippen LogP contribution >= 0.6 is 0 Å². The summed E-state index contributed by atoms with van der Waals surface area (Å²) < 4.78 is 1.39. The molecular weight excluding hydrogens is 254 g/mol. The van der Waals surface area contributed by atoms with Crippen LogP contribution in [0, 0.1) is 0 Å². The Bertz CT molecular complexity index is 643. The van der Waals surface area contributed by atoms with Crippen LogP contribution in [0.4, 0.5) is 11.4 Å². The number of aromatic nitrogens is 3. The summed E-state index contributed by atoms with van der Waals surface area (Å²) in [5.41, 5.74) is 7.01. The van der Waals surface area contributed by atoms with Crippen molar-refractivity contribution < 1.29 is 0 Å². The first-order valence-corrected chi connectivity index (χ1v) is 6.40. The molecule has 2 heterocycles. The highest BCUT2D eigenvalue weighted by atomic mass is 16.1. The SMILES string of the molecule is CC(C)(C)n1ncc(NCc2ccncc2)c(N)c1=O. The van der Waals surface area contributed by atoms with Gasteiger partial charge in [-0.1, -0.05) is 0 Å². The maximum Gasteiger partial charge on any atom is 0.292 e. The van der Waals surface area contributed by atoms with E-state index in [4.69, 9.17) is 5.73 Å². The van der Waals surface area contributed by atoms with Gasteiger partial charge in [-0.15, -0.1) is 0 Å². The minimum absolute atomic E-state index is 0.184. The van der Waals surface area contributed by atoms with E-state index in [0.717, 1.165) is 5.56 Å². The lowest BCUT2D eigenvalue weighted by atomic mass is 10.1. The maximum atomic E-state index is 12.2. The van der Waals surface area contributed by atoms with Crippen LogP contribution in [0.5, 0.6) is 0 Å². The van der Waals surface area contributed by atoms with Crippen molar-refractivity contribution in [1.29, 1.82) is 0 Å². The molecule has 0 unspecified atom stereocenters. The summed E-state index contributed by atoms with van der Waals surface area (Å²) in [7, 11) is 0. The predicted molar refractivity (Wildman–Crippen MR) is 79.5 cm³/mol. The highest BCUT2D eigenvalue weighted by molar-refractivity contribution is 5.63. The molecule has 2 aromatic rings. The van der Waals surface area contributed by atoms with Gasteiger partial charge in [-0.2, -0.15) is 5.10 Å². The molecule has 0 saturated carbocycles. The Balaban J connectivity index is 2.23. The van der Waals surface area contributed by atoms with Crippen molar-refractivity contribution in [3.05, 3.63) is 46.6 Å². The van der Waals surface area contributed by atoms with Crippen LogP contribution in [0.25, 0.3) is 0 Å². The summed E-state index contributed by atoms with van der Waals surface area (Å²) >= 11 is 0. The Kier molecular flexibility index (Phi) is 3.74. The number of nitrogens with one attached hydrogen (secondary N) is 1. The lowest BCUT2D eigenvalue weighted by Crippen LogP contribution is -2.37. The highest BCUT2D eigenvalue weighted by Gasteiger charge is 2.18. The number of pyridine rings is 1. The standard InChI is InChI=1S/C14H19N5O/c1-14(2,3)19-13(20)12(15)11(9-18-19)17-8-10-4-6-16-7-5-10/h4-7,9,17H,8,15H2,1-3H3. The Morgan fingerprint density at radius 1 is 1.30 bits per heavy atom. The molecule has 0 amide bonds. The van der Waals surface area contributed by atoms with Crippen molar-refractivity contribution in [2.45, 2.75) is 32.9 Å². The largest absolute Gasteiger partial charge is 0.392 e. The fourth-order valence-electron chi connectivity index (χ4n) is 1.78. The third kappa shape index (κ3) is 2.96. The van der Waals surface area contributed by atoms with Crippen molar-refractivity contribution in [3.63, 3.8) is 0 Å². The van der Waals surface area contributed by atoms with Crippen LogP contribution in [-0.4, -0.2) is 14.8 Å². The van der Waals surface area contributed by atoms with Gasteiger partial charge in [0, 0.05) is 18.9 Å². The van der Waals surface area contributed by atoms with E-state index in [1.54, 1.807) is 18.6 Å². The molecule has 0 fully saturated rings. The summed E-state index contributed by atoms with van der Waals surface area (Å²) in [6.07, 6.45) is 5.02. The second-order valence-electron chi connectivity index (χ2n) is 5.57. The lowest BCUT2D eigenvalue weighted by Gasteiger charge is -2.21. The normalized spacial score (nSPS) is 11.3. The molecule has 3 N–H and O–H groups in total. The van der Waals surface area contributed by atoms with Crippen molar-refractivity contribution in [1.82, 2.24) is 14.8 Å². The zero-order valence-electron chi connectivity index (χ0n) is 11.9. The predicted octanol–water partition coefficient (Wildman–Crippen LogP) is 1.59. The molecule has 6 heteroatoms. The quantitative estimate of drug-likeness (QED) is 0.887. The van der Waals surface area contributed by atoms with E-state index in [-0.39, 0.29) is 11.2 Å². The fourth-order valence-corrected chi connectivity index (χ4v) is 1.78. The van der Waals surface area contributed by atoms with Gasteiger partial charge in [-0.3, -0.25) is 9.78 Å². The van der Waals surface area contributed by atoms with Crippen molar-refractivity contribution in [3.8, 4) is 0 Å². The lowest BCUT2D eigenvalue weighted by molar-refractivity contribution is 0.339. The van der Waals surface area contributed by atoms with E-state index in [1.807, 2.05) is 32.9 Å². The summed E-state index contributed by atoms with van der Waals surface area (Å²) in [5.74, 6) is 0. The zero-order chi connectivity index (χ0) is 14.8. The van der Waals surface area contributed by atoms with Crippen molar-refractivity contribution in [2.24, 2.45) is 0 Å². The molecule has 0 aliphatic heterocycles. The second kappa shape index (κ2) is 5.32. The third-order valence-corrected chi connectivity index (χ3v) is 2.88. The first kappa shape index (κ1) is 14.0. The summed E-state index contributed by atoms with van der Waals surface area (Å²) in [4.78, 5) is 16.1. The first-order valence-electron chi connectivity index (χ1n) is 6.40. The van der Waals surface area contributed by atoms with Gasteiger partial charge in [0.1, 0.15) is 5.69 Å². The van der Waals surface area contributed by atoms with Crippen LogP contribution in [0.3, 0.4) is 0 Å². The minimum atomic E-state index is -0.394. The summed E-state index contributed by atoms with van der Waals surface area (Å²) in [5, 5.41) is 7.29. The van der Waals surface area contributed by atoms with Gasteiger partial charge in [-0.05, 0) is 38.5 Å². The van der Waals surface area contributed by atoms with Crippen LogP contribution in [0.15, 0.2) is 35.5 Å². The molecule has 0 atom stereocenters. The van der Waals surface area contributed by atoms with E-state index in [9.17, 15) is 4.79 Å². The number of rotatable bonds is 3. The number of hydrogen-bond acceptors (Lipinski definition) is 5. The number of anilines is 2. The molecule has 0 aromatic carbocycles. The summed E-state index contributed by atoms with van der Waals surface area (Å²) in [6, 6.07) is 3.79. The van der Waals surface area contributed by atoms with Crippen molar-refractivity contribution >= 4 is 11.4 Å². The molecule has 0 saturated heterocycles. The van der Waals surface area contributed by atoms with E-state index in [1.165, 1.54) is 4.68 Å². The molecule has 0 radical (unpaired) electrons. The van der Waals surface area contributed by atoms with Gasteiger partial charge in [-0.25, -0.2) is 4.68 Å². The number of hydrogen-bond donors (Lipinski definition) is 2. The first-order chi connectivity index (χ1) is 9.39. The average molecular weight is 273 g/mol. The summed E-state index contributed by atoms with van der Waals surface area (Å²) in [6.45, 7) is 6.29. The molecular formula is C14H19N5O. The molecule has 2 aromatic heterocycles. The van der Waals surface area contributed by atoms with E-state index in [0.29, 0.717) is 12.2 Å². The van der Waals surface area contributed by atoms with E-state index >= 15 is 0 Å². The number of nitrogens with zero attached hydrogens (tertiary/aromatic N) is 3. The Labute approximate surface area is 117 Å². The van der Waals surface area contributed by atoms with Gasteiger partial charge < -0.3 is 11.1 Å². The Morgan fingerprint density at radius 3 is 2.55 bits per heavy atom. The number of nitrogens with two attached hydrogens (primary N) is 1. The number of nitrogen functional groups attached to an aromatic ring is 1. The second-order valence-corrected chi connectivity index (χ2v) is 5.57. The zero-order valence-corrected chi connectivity index (χ0v) is 11.9. The molecule has 106 valence electrons. The van der Waals surface area contributed by atoms with Gasteiger partial charge in [0.25, 0.3) is 5.56 Å². The molecule has 0 aliphatic carbocycles.